The van der Waals surface area contributed by atoms with E-state index < -0.39 is 6.10 Å². The van der Waals surface area contributed by atoms with Gasteiger partial charge in [0.1, 0.15) is 6.61 Å². The van der Waals surface area contributed by atoms with Gasteiger partial charge in [-0.15, -0.1) is 0 Å². The summed E-state index contributed by atoms with van der Waals surface area (Å²) in [6, 6.07) is 19.8. The van der Waals surface area contributed by atoms with Gasteiger partial charge in [0.25, 0.3) is 5.91 Å². The molecule has 2 fully saturated rings. The molecule has 0 saturated heterocycles. The first kappa shape index (κ1) is 27.4. The molecule has 200 valence electrons. The van der Waals surface area contributed by atoms with Crippen molar-refractivity contribution in [3.8, 4) is 0 Å². The standard InChI is InChI=1S/C32H43NO4/c1-23(2)10-9-15-29(34)32-28-19-25(18-26(28)20-30(32)35)16-17-37-22-31(36)33(27-13-7-4-8-14-27)21-24-11-5-3-6-12-24/h3-8,11-15,23,25-26,28,30,32,34-35H,9-10,16-22H2,1-2H3/t25-,26-,28+,30+,32-/m0/s1. The Labute approximate surface area is 222 Å². The van der Waals surface area contributed by atoms with Gasteiger partial charge in [0.2, 0.25) is 0 Å². The molecule has 2 saturated carbocycles. The Morgan fingerprint density at radius 1 is 1.05 bits per heavy atom. The molecule has 0 aromatic heterocycles. The number of fused-ring (bicyclic) bond motifs is 1. The van der Waals surface area contributed by atoms with Gasteiger partial charge in [0, 0.05) is 18.2 Å². The van der Waals surface area contributed by atoms with E-state index in [-0.39, 0.29) is 18.4 Å². The molecule has 0 unspecified atom stereocenters. The second-order valence-electron chi connectivity index (χ2n) is 11.3. The van der Waals surface area contributed by atoms with Crippen LogP contribution in [0.25, 0.3) is 0 Å². The number of anilines is 1. The molecule has 0 bridgehead atoms. The first-order valence-electron chi connectivity index (χ1n) is 14.0. The molecular formula is C32H43NO4. The molecule has 5 heteroatoms. The Kier molecular flexibility index (Phi) is 9.81. The third kappa shape index (κ3) is 7.45. The Bertz CT molecular complexity index is 1010. The summed E-state index contributed by atoms with van der Waals surface area (Å²) < 4.78 is 5.89. The van der Waals surface area contributed by atoms with Crippen LogP contribution in [0.3, 0.4) is 0 Å². The molecule has 1 amide bonds. The van der Waals surface area contributed by atoms with E-state index in [4.69, 9.17) is 4.74 Å². The van der Waals surface area contributed by atoms with Crippen molar-refractivity contribution in [2.75, 3.05) is 18.1 Å². The van der Waals surface area contributed by atoms with E-state index in [0.717, 1.165) is 49.8 Å². The van der Waals surface area contributed by atoms with Crippen molar-refractivity contribution < 1.29 is 19.7 Å². The van der Waals surface area contributed by atoms with Crippen molar-refractivity contribution in [3.05, 3.63) is 78.1 Å². The van der Waals surface area contributed by atoms with Crippen LogP contribution in [0.15, 0.2) is 72.5 Å². The van der Waals surface area contributed by atoms with Gasteiger partial charge >= 0.3 is 0 Å². The lowest BCUT2D eigenvalue weighted by atomic mass is 9.88. The van der Waals surface area contributed by atoms with Crippen LogP contribution in [-0.4, -0.2) is 35.4 Å². The maximum atomic E-state index is 13.1. The third-order valence-corrected chi connectivity index (χ3v) is 8.15. The van der Waals surface area contributed by atoms with Crippen LogP contribution in [0.2, 0.25) is 0 Å². The van der Waals surface area contributed by atoms with Crippen LogP contribution < -0.4 is 4.90 Å². The molecule has 2 aromatic rings. The van der Waals surface area contributed by atoms with E-state index in [1.54, 1.807) is 4.90 Å². The Balaban J connectivity index is 1.26. The second-order valence-corrected chi connectivity index (χ2v) is 11.3. The van der Waals surface area contributed by atoms with Crippen molar-refractivity contribution in [3.63, 3.8) is 0 Å². The van der Waals surface area contributed by atoms with Gasteiger partial charge in [0.15, 0.2) is 0 Å². The minimum atomic E-state index is -0.436. The van der Waals surface area contributed by atoms with E-state index in [9.17, 15) is 15.0 Å². The highest BCUT2D eigenvalue weighted by atomic mass is 16.5. The zero-order chi connectivity index (χ0) is 26.2. The van der Waals surface area contributed by atoms with Crippen LogP contribution in [0, 0.1) is 29.6 Å². The number of hydrogen-bond donors (Lipinski definition) is 2. The van der Waals surface area contributed by atoms with Crippen molar-refractivity contribution >= 4 is 11.6 Å². The molecule has 5 nitrogen and oxygen atoms in total. The highest BCUT2D eigenvalue weighted by Gasteiger charge is 2.49. The number of para-hydroxylation sites is 1. The molecular weight excluding hydrogens is 462 g/mol. The zero-order valence-electron chi connectivity index (χ0n) is 22.3. The fraction of sp³-hybridized carbons (Fsp3) is 0.531. The molecule has 4 rings (SSSR count). The maximum absolute atomic E-state index is 13.1. The fourth-order valence-electron chi connectivity index (χ4n) is 6.27. The van der Waals surface area contributed by atoms with Crippen LogP contribution in [-0.2, 0) is 16.1 Å². The number of amides is 1. The van der Waals surface area contributed by atoms with Gasteiger partial charge in [-0.05, 0) is 86.0 Å². The van der Waals surface area contributed by atoms with Gasteiger partial charge in [0.05, 0.1) is 18.4 Å². The summed E-state index contributed by atoms with van der Waals surface area (Å²) in [5, 5.41) is 21.3. The average molecular weight is 506 g/mol. The van der Waals surface area contributed by atoms with E-state index in [0.29, 0.717) is 42.6 Å². The zero-order valence-corrected chi connectivity index (χ0v) is 22.3. The Morgan fingerprint density at radius 2 is 1.76 bits per heavy atom. The molecule has 2 aliphatic rings. The highest BCUT2D eigenvalue weighted by molar-refractivity contribution is 5.94. The summed E-state index contributed by atoms with van der Waals surface area (Å²) in [5.74, 6) is 2.15. The van der Waals surface area contributed by atoms with E-state index in [1.807, 2.05) is 66.7 Å². The summed E-state index contributed by atoms with van der Waals surface area (Å²) in [7, 11) is 0. The largest absolute Gasteiger partial charge is 0.512 e. The van der Waals surface area contributed by atoms with E-state index in [2.05, 4.69) is 13.8 Å². The Hall–Kier alpha value is -2.63. The Morgan fingerprint density at radius 3 is 2.46 bits per heavy atom. The number of carbonyl (C=O) groups excluding carboxylic acids is 1. The summed E-state index contributed by atoms with van der Waals surface area (Å²) in [6.45, 7) is 5.49. The van der Waals surface area contributed by atoms with Crippen molar-refractivity contribution in [2.45, 2.75) is 65.0 Å². The highest BCUT2D eigenvalue weighted by Crippen LogP contribution is 2.52. The summed E-state index contributed by atoms with van der Waals surface area (Å²) >= 11 is 0. The minimum Gasteiger partial charge on any atom is -0.512 e. The van der Waals surface area contributed by atoms with Crippen LogP contribution in [0.5, 0.6) is 0 Å². The topological polar surface area (TPSA) is 70.0 Å². The summed E-state index contributed by atoms with van der Waals surface area (Å²) in [5.41, 5.74) is 1.95. The number of aliphatic hydroxyl groups excluding tert-OH is 2. The molecule has 5 atom stereocenters. The SMILES string of the molecule is CC(C)CCC=C(O)[C@@H]1[C@@H]2C[C@@H](CCOCC(=O)N(Cc3ccccc3)c3ccccc3)C[C@H]2C[C@H]1O. The number of benzene rings is 2. The molecule has 2 aliphatic carbocycles. The first-order valence-corrected chi connectivity index (χ1v) is 14.0. The van der Waals surface area contributed by atoms with Crippen molar-refractivity contribution in [1.82, 2.24) is 0 Å². The molecule has 0 aliphatic heterocycles. The molecule has 2 N–H and O–H groups in total. The second kappa shape index (κ2) is 13.3. The number of hydrogen-bond acceptors (Lipinski definition) is 4. The number of allylic oxidation sites excluding steroid dienone is 1. The first-order chi connectivity index (χ1) is 17.9. The van der Waals surface area contributed by atoms with Gasteiger partial charge < -0.3 is 19.8 Å². The van der Waals surface area contributed by atoms with E-state index >= 15 is 0 Å². The monoisotopic (exact) mass is 505 g/mol. The lowest BCUT2D eigenvalue weighted by Crippen LogP contribution is -2.33. The van der Waals surface area contributed by atoms with E-state index in [1.165, 1.54) is 0 Å². The fourth-order valence-corrected chi connectivity index (χ4v) is 6.27. The van der Waals surface area contributed by atoms with Gasteiger partial charge in [-0.2, -0.15) is 0 Å². The van der Waals surface area contributed by atoms with Gasteiger partial charge in [-0.1, -0.05) is 62.4 Å². The lowest BCUT2D eigenvalue weighted by Gasteiger charge is -2.23. The lowest BCUT2D eigenvalue weighted by molar-refractivity contribution is -0.123. The normalized spacial score (nSPS) is 25.4. The predicted octanol–water partition coefficient (Wildman–Crippen LogP) is 6.53. The average Bonchev–Trinajstić information content (AvgIpc) is 3.41. The number of aliphatic hydroxyl groups is 2. The summed E-state index contributed by atoms with van der Waals surface area (Å²) in [4.78, 5) is 14.9. The predicted molar refractivity (Wildman–Crippen MR) is 148 cm³/mol. The molecule has 37 heavy (non-hydrogen) atoms. The number of nitrogens with zero attached hydrogens (tertiary/aromatic N) is 1. The van der Waals surface area contributed by atoms with Crippen LogP contribution in [0.1, 0.15) is 57.9 Å². The van der Waals surface area contributed by atoms with Crippen LogP contribution >= 0.6 is 0 Å². The molecule has 2 aromatic carbocycles. The van der Waals surface area contributed by atoms with Crippen molar-refractivity contribution in [1.29, 1.82) is 0 Å². The number of rotatable bonds is 12. The minimum absolute atomic E-state index is 0.0435. The number of carbonyl (C=O) groups is 1. The van der Waals surface area contributed by atoms with Gasteiger partial charge in [-0.3, -0.25) is 4.79 Å². The number of ether oxygens (including phenoxy) is 1. The summed E-state index contributed by atoms with van der Waals surface area (Å²) in [6.07, 6.45) is 7.17. The quantitative estimate of drug-likeness (QED) is 0.254. The van der Waals surface area contributed by atoms with Crippen LogP contribution in [0.4, 0.5) is 5.69 Å². The third-order valence-electron chi connectivity index (χ3n) is 8.15. The molecule has 0 heterocycles. The van der Waals surface area contributed by atoms with Gasteiger partial charge in [-0.25, -0.2) is 0 Å². The molecule has 0 spiro atoms. The smallest absolute Gasteiger partial charge is 0.253 e. The van der Waals surface area contributed by atoms with Crippen molar-refractivity contribution in [2.24, 2.45) is 29.6 Å². The maximum Gasteiger partial charge on any atom is 0.253 e. The molecule has 0 radical (unpaired) electrons.